The molecule has 0 aliphatic heterocycles. The molecule has 1 N–H and O–H groups in total. The summed E-state index contributed by atoms with van der Waals surface area (Å²) < 4.78 is 4.49. The number of methoxy groups -OCH3 is 1. The summed E-state index contributed by atoms with van der Waals surface area (Å²) in [5.74, 6) is -0.362. The molecule has 0 spiro atoms. The van der Waals surface area contributed by atoms with Crippen LogP contribution in [-0.4, -0.2) is 19.6 Å². The third kappa shape index (κ3) is 4.71. The maximum atomic E-state index is 10.9. The molecule has 4 nitrogen and oxygen atoms in total. The van der Waals surface area contributed by atoms with E-state index in [1.54, 1.807) is 6.20 Å². The van der Waals surface area contributed by atoms with Crippen molar-refractivity contribution in [2.75, 3.05) is 13.7 Å². The number of nitriles is 1. The van der Waals surface area contributed by atoms with Gasteiger partial charge >= 0.3 is 5.97 Å². The normalized spacial score (nSPS) is 10.6. The number of allylic oxidation sites excluding steroid dienone is 1. The summed E-state index contributed by atoms with van der Waals surface area (Å²) in [4.78, 5) is 10.9. The van der Waals surface area contributed by atoms with Crippen molar-refractivity contribution in [3.05, 3.63) is 47.2 Å². The SMILES string of the molecule is COC(=O)CN/C=C(\C#N)Cc1cccc(C)c1. The van der Waals surface area contributed by atoms with Gasteiger partial charge in [0.2, 0.25) is 0 Å². The summed E-state index contributed by atoms with van der Waals surface area (Å²) in [6, 6.07) is 10.1. The quantitative estimate of drug-likeness (QED) is 0.632. The van der Waals surface area contributed by atoms with E-state index in [1.165, 1.54) is 7.11 Å². The van der Waals surface area contributed by atoms with Crippen LogP contribution in [0.5, 0.6) is 0 Å². The van der Waals surface area contributed by atoms with E-state index in [0.717, 1.165) is 11.1 Å². The minimum absolute atomic E-state index is 0.0650. The molecule has 1 aromatic rings. The topological polar surface area (TPSA) is 62.1 Å². The van der Waals surface area contributed by atoms with Crippen molar-refractivity contribution in [3.63, 3.8) is 0 Å². The number of rotatable bonds is 5. The molecule has 0 unspecified atom stereocenters. The lowest BCUT2D eigenvalue weighted by molar-refractivity contribution is -0.139. The Morgan fingerprint density at radius 3 is 2.94 bits per heavy atom. The summed E-state index contributed by atoms with van der Waals surface area (Å²) in [5.41, 5.74) is 2.81. The zero-order chi connectivity index (χ0) is 13.4. The van der Waals surface area contributed by atoms with Gasteiger partial charge in [-0.2, -0.15) is 5.26 Å². The Hall–Kier alpha value is -2.28. The lowest BCUT2D eigenvalue weighted by Crippen LogP contribution is -2.19. The highest BCUT2D eigenvalue weighted by Crippen LogP contribution is 2.09. The number of nitrogens with one attached hydrogen (secondary N) is 1. The first-order valence-electron chi connectivity index (χ1n) is 5.60. The maximum Gasteiger partial charge on any atom is 0.325 e. The molecule has 0 heterocycles. The number of esters is 1. The highest BCUT2D eigenvalue weighted by atomic mass is 16.5. The van der Waals surface area contributed by atoms with Crippen LogP contribution < -0.4 is 5.32 Å². The summed E-state index contributed by atoms with van der Waals surface area (Å²) in [5, 5.41) is 11.8. The van der Waals surface area contributed by atoms with E-state index in [2.05, 4.69) is 16.1 Å². The molecule has 0 bridgehead atoms. The van der Waals surface area contributed by atoms with Gasteiger partial charge in [-0.1, -0.05) is 29.8 Å². The number of hydrogen-bond donors (Lipinski definition) is 1. The van der Waals surface area contributed by atoms with E-state index in [4.69, 9.17) is 5.26 Å². The summed E-state index contributed by atoms with van der Waals surface area (Å²) in [6.07, 6.45) is 2.10. The molecule has 0 aromatic heterocycles. The van der Waals surface area contributed by atoms with Crippen LogP contribution in [0.15, 0.2) is 36.0 Å². The van der Waals surface area contributed by atoms with Crippen molar-refractivity contribution in [3.8, 4) is 6.07 Å². The van der Waals surface area contributed by atoms with Gasteiger partial charge in [0.05, 0.1) is 13.2 Å². The van der Waals surface area contributed by atoms with E-state index in [9.17, 15) is 4.79 Å². The van der Waals surface area contributed by atoms with Crippen LogP contribution in [0.25, 0.3) is 0 Å². The number of benzene rings is 1. The van der Waals surface area contributed by atoms with Crippen LogP contribution in [0.3, 0.4) is 0 Å². The Labute approximate surface area is 107 Å². The van der Waals surface area contributed by atoms with Gasteiger partial charge in [-0.3, -0.25) is 4.79 Å². The van der Waals surface area contributed by atoms with Crippen molar-refractivity contribution in [1.29, 1.82) is 5.26 Å². The molecule has 0 fully saturated rings. The predicted octanol–water partition coefficient (Wildman–Crippen LogP) is 1.71. The Bertz CT molecular complexity index is 487. The first kappa shape index (κ1) is 13.8. The van der Waals surface area contributed by atoms with E-state index in [-0.39, 0.29) is 12.5 Å². The minimum atomic E-state index is -0.362. The molecule has 0 aliphatic carbocycles. The predicted molar refractivity (Wildman–Crippen MR) is 68.6 cm³/mol. The molecule has 0 atom stereocenters. The molecule has 94 valence electrons. The van der Waals surface area contributed by atoms with Crippen molar-refractivity contribution >= 4 is 5.97 Å². The number of hydrogen-bond acceptors (Lipinski definition) is 4. The Morgan fingerprint density at radius 2 is 2.33 bits per heavy atom. The number of ether oxygens (including phenoxy) is 1. The van der Waals surface area contributed by atoms with Crippen molar-refractivity contribution < 1.29 is 9.53 Å². The van der Waals surface area contributed by atoms with Gasteiger partial charge in [0.15, 0.2) is 0 Å². The van der Waals surface area contributed by atoms with Crippen molar-refractivity contribution in [1.82, 2.24) is 5.32 Å². The molecule has 0 amide bonds. The number of carbonyl (C=O) groups excluding carboxylic acids is 1. The van der Waals surface area contributed by atoms with Gasteiger partial charge in [0.25, 0.3) is 0 Å². The lowest BCUT2D eigenvalue weighted by Gasteiger charge is -2.03. The Balaban J connectivity index is 2.59. The smallest absolute Gasteiger partial charge is 0.325 e. The fraction of sp³-hybridized carbons (Fsp3) is 0.286. The first-order chi connectivity index (χ1) is 8.65. The van der Waals surface area contributed by atoms with Gasteiger partial charge in [0, 0.05) is 18.2 Å². The molecular formula is C14H16N2O2. The summed E-state index contributed by atoms with van der Waals surface area (Å²) >= 11 is 0. The largest absolute Gasteiger partial charge is 0.468 e. The number of aryl methyl sites for hydroxylation is 1. The second-order valence-electron chi connectivity index (χ2n) is 3.90. The van der Waals surface area contributed by atoms with Crippen LogP contribution in [0.1, 0.15) is 11.1 Å². The van der Waals surface area contributed by atoms with Gasteiger partial charge < -0.3 is 10.1 Å². The van der Waals surface area contributed by atoms with Crippen LogP contribution in [0.4, 0.5) is 0 Å². The maximum absolute atomic E-state index is 10.9. The average molecular weight is 244 g/mol. The molecule has 0 saturated heterocycles. The monoisotopic (exact) mass is 244 g/mol. The molecule has 0 radical (unpaired) electrons. The van der Waals surface area contributed by atoms with Gasteiger partial charge in [0.1, 0.15) is 6.54 Å². The van der Waals surface area contributed by atoms with E-state index < -0.39 is 0 Å². The average Bonchev–Trinajstić information content (AvgIpc) is 2.37. The van der Waals surface area contributed by atoms with Crippen LogP contribution in [0, 0.1) is 18.3 Å². The van der Waals surface area contributed by atoms with Gasteiger partial charge in [-0.05, 0) is 12.5 Å². The third-order valence-corrected chi connectivity index (χ3v) is 2.37. The molecule has 0 saturated carbocycles. The lowest BCUT2D eigenvalue weighted by atomic mass is 10.0. The number of carbonyl (C=O) groups is 1. The second-order valence-corrected chi connectivity index (χ2v) is 3.90. The van der Waals surface area contributed by atoms with E-state index in [1.807, 2.05) is 31.2 Å². The zero-order valence-corrected chi connectivity index (χ0v) is 10.6. The second kappa shape index (κ2) is 7.13. The van der Waals surface area contributed by atoms with E-state index in [0.29, 0.717) is 12.0 Å². The molecule has 1 rings (SSSR count). The van der Waals surface area contributed by atoms with Gasteiger partial charge in [-0.25, -0.2) is 0 Å². The van der Waals surface area contributed by atoms with Gasteiger partial charge in [-0.15, -0.1) is 0 Å². The standard InChI is InChI=1S/C14H16N2O2/c1-11-4-3-5-12(6-11)7-13(8-15)9-16-10-14(17)18-2/h3-6,9,16H,7,10H2,1-2H3/b13-9-. The van der Waals surface area contributed by atoms with Crippen molar-refractivity contribution in [2.45, 2.75) is 13.3 Å². The number of nitrogens with zero attached hydrogens (tertiary/aromatic N) is 1. The van der Waals surface area contributed by atoms with E-state index >= 15 is 0 Å². The Kier molecular flexibility index (Phi) is 5.46. The molecule has 4 heteroatoms. The molecular weight excluding hydrogens is 228 g/mol. The zero-order valence-electron chi connectivity index (χ0n) is 10.6. The fourth-order valence-corrected chi connectivity index (χ4v) is 1.49. The Morgan fingerprint density at radius 1 is 1.56 bits per heavy atom. The third-order valence-electron chi connectivity index (χ3n) is 2.37. The molecule has 18 heavy (non-hydrogen) atoms. The summed E-state index contributed by atoms with van der Waals surface area (Å²) in [7, 11) is 1.33. The summed E-state index contributed by atoms with van der Waals surface area (Å²) in [6.45, 7) is 2.07. The highest BCUT2D eigenvalue weighted by Gasteiger charge is 2.01. The van der Waals surface area contributed by atoms with Crippen LogP contribution >= 0.6 is 0 Å². The highest BCUT2D eigenvalue weighted by molar-refractivity contribution is 5.71. The fourth-order valence-electron chi connectivity index (χ4n) is 1.49. The van der Waals surface area contributed by atoms with Crippen LogP contribution in [0.2, 0.25) is 0 Å². The van der Waals surface area contributed by atoms with Crippen LogP contribution in [-0.2, 0) is 16.0 Å². The van der Waals surface area contributed by atoms with Crippen molar-refractivity contribution in [2.24, 2.45) is 0 Å². The molecule has 0 aliphatic rings. The first-order valence-corrected chi connectivity index (χ1v) is 5.60. The molecule has 1 aromatic carbocycles. The minimum Gasteiger partial charge on any atom is -0.468 e.